The third-order valence-corrected chi connectivity index (χ3v) is 2.09. The van der Waals surface area contributed by atoms with Gasteiger partial charge < -0.3 is 19.6 Å². The molecule has 6 nitrogen and oxygen atoms in total. The van der Waals surface area contributed by atoms with Gasteiger partial charge in [0.2, 0.25) is 5.75 Å². The molecule has 80 valence electrons. The monoisotopic (exact) mass is 210 g/mol. The zero-order chi connectivity index (χ0) is 10.9. The number of nitrogens with zero attached hydrogens (tertiary/aromatic N) is 2. The highest BCUT2D eigenvalue weighted by Crippen LogP contribution is 2.29. The van der Waals surface area contributed by atoms with E-state index in [2.05, 4.69) is 4.98 Å². The number of hydrogen-bond acceptors (Lipinski definition) is 5. The van der Waals surface area contributed by atoms with Crippen molar-refractivity contribution in [3.05, 3.63) is 28.4 Å². The van der Waals surface area contributed by atoms with Crippen molar-refractivity contribution in [2.45, 2.75) is 12.5 Å². The van der Waals surface area contributed by atoms with Crippen LogP contribution >= 0.6 is 0 Å². The molecule has 0 aromatic carbocycles. The van der Waals surface area contributed by atoms with Crippen LogP contribution in [-0.2, 0) is 4.74 Å². The number of rotatable bonds is 4. The standard InChI is InChI=1S/C9H10N2O4/c1-9(6-15-9)5-14-7-3-2-4-10-8(7)11(12)13/h2-4H,5-6H2,1H3. The third-order valence-electron chi connectivity index (χ3n) is 2.09. The van der Waals surface area contributed by atoms with E-state index in [9.17, 15) is 10.1 Å². The highest BCUT2D eigenvalue weighted by atomic mass is 16.6. The molecule has 1 unspecified atom stereocenters. The molecule has 1 aromatic rings. The summed E-state index contributed by atoms with van der Waals surface area (Å²) in [5, 5.41) is 10.6. The second kappa shape index (κ2) is 3.47. The molecule has 1 aliphatic rings. The molecular formula is C9H10N2O4. The summed E-state index contributed by atoms with van der Waals surface area (Å²) >= 11 is 0. The molecule has 0 bridgehead atoms. The normalized spacial score (nSPS) is 23.5. The molecule has 0 spiro atoms. The first-order valence-electron chi connectivity index (χ1n) is 4.47. The van der Waals surface area contributed by atoms with Gasteiger partial charge in [0.05, 0.1) is 6.61 Å². The van der Waals surface area contributed by atoms with E-state index in [-0.39, 0.29) is 17.2 Å². The lowest BCUT2D eigenvalue weighted by Gasteiger charge is -2.07. The summed E-state index contributed by atoms with van der Waals surface area (Å²) < 4.78 is 10.4. The fraction of sp³-hybridized carbons (Fsp3) is 0.444. The lowest BCUT2D eigenvalue weighted by molar-refractivity contribution is -0.390. The van der Waals surface area contributed by atoms with Gasteiger partial charge in [-0.15, -0.1) is 0 Å². The van der Waals surface area contributed by atoms with E-state index in [1.165, 1.54) is 12.3 Å². The Kier molecular flexibility index (Phi) is 2.28. The molecule has 1 atom stereocenters. The average Bonchev–Trinajstić information content (AvgIpc) is 2.95. The summed E-state index contributed by atoms with van der Waals surface area (Å²) in [6.45, 7) is 2.82. The van der Waals surface area contributed by atoms with Crippen molar-refractivity contribution in [1.82, 2.24) is 4.98 Å². The Balaban J connectivity index is 2.09. The zero-order valence-electron chi connectivity index (χ0n) is 8.17. The molecule has 2 heterocycles. The van der Waals surface area contributed by atoms with E-state index in [1.54, 1.807) is 6.07 Å². The molecule has 1 saturated heterocycles. The van der Waals surface area contributed by atoms with Crippen LogP contribution < -0.4 is 4.74 Å². The molecule has 0 saturated carbocycles. The van der Waals surface area contributed by atoms with E-state index in [0.717, 1.165) is 0 Å². The minimum Gasteiger partial charge on any atom is -0.483 e. The van der Waals surface area contributed by atoms with Gasteiger partial charge in [-0.3, -0.25) is 0 Å². The SMILES string of the molecule is CC1(COc2cccnc2[N+](=O)[O-])CO1. The highest BCUT2D eigenvalue weighted by molar-refractivity contribution is 5.38. The zero-order valence-corrected chi connectivity index (χ0v) is 8.17. The van der Waals surface area contributed by atoms with Crippen molar-refractivity contribution in [3.8, 4) is 5.75 Å². The van der Waals surface area contributed by atoms with Crippen LogP contribution in [-0.4, -0.2) is 28.7 Å². The molecule has 0 N–H and O–H groups in total. The minimum absolute atomic E-state index is 0.180. The second-order valence-corrected chi connectivity index (χ2v) is 3.61. The summed E-state index contributed by atoms with van der Waals surface area (Å²) in [6, 6.07) is 3.12. The maximum Gasteiger partial charge on any atom is 0.406 e. The van der Waals surface area contributed by atoms with Gasteiger partial charge >= 0.3 is 5.82 Å². The van der Waals surface area contributed by atoms with E-state index >= 15 is 0 Å². The number of hydrogen-bond donors (Lipinski definition) is 0. The summed E-state index contributed by atoms with van der Waals surface area (Å²) in [5.74, 6) is -0.0824. The van der Waals surface area contributed by atoms with E-state index < -0.39 is 4.92 Å². The Hall–Kier alpha value is -1.69. The van der Waals surface area contributed by atoms with E-state index in [0.29, 0.717) is 13.2 Å². The van der Waals surface area contributed by atoms with Gasteiger partial charge in [0.1, 0.15) is 18.4 Å². The van der Waals surface area contributed by atoms with Crippen LogP contribution in [0.1, 0.15) is 6.92 Å². The lowest BCUT2D eigenvalue weighted by atomic mass is 10.2. The van der Waals surface area contributed by atoms with Crippen molar-refractivity contribution in [2.24, 2.45) is 0 Å². The van der Waals surface area contributed by atoms with Gasteiger partial charge in [-0.1, -0.05) is 0 Å². The van der Waals surface area contributed by atoms with Crippen molar-refractivity contribution >= 4 is 5.82 Å². The van der Waals surface area contributed by atoms with E-state index in [4.69, 9.17) is 9.47 Å². The molecule has 15 heavy (non-hydrogen) atoms. The molecule has 2 rings (SSSR count). The average molecular weight is 210 g/mol. The molecule has 6 heteroatoms. The molecule has 0 aliphatic carbocycles. The summed E-state index contributed by atoms with van der Waals surface area (Å²) in [4.78, 5) is 13.7. The molecule has 1 fully saturated rings. The Morgan fingerprint density at radius 3 is 3.13 bits per heavy atom. The molecule has 1 aliphatic heterocycles. The van der Waals surface area contributed by atoms with Crippen LogP contribution in [0.4, 0.5) is 5.82 Å². The molecule has 0 amide bonds. The fourth-order valence-electron chi connectivity index (χ4n) is 1.07. The lowest BCUT2D eigenvalue weighted by Crippen LogP contribution is -2.17. The number of ether oxygens (including phenoxy) is 2. The van der Waals surface area contributed by atoms with Gasteiger partial charge in [-0.2, -0.15) is 0 Å². The van der Waals surface area contributed by atoms with Crippen LogP contribution in [0.3, 0.4) is 0 Å². The van der Waals surface area contributed by atoms with E-state index in [1.807, 2.05) is 6.92 Å². The Bertz CT molecular complexity index is 389. The molecule has 1 aromatic heterocycles. The van der Waals surface area contributed by atoms with Gasteiger partial charge in [-0.25, -0.2) is 0 Å². The first-order valence-corrected chi connectivity index (χ1v) is 4.47. The first kappa shape index (κ1) is 9.85. The summed E-state index contributed by atoms with van der Waals surface area (Å²) in [6.07, 6.45) is 1.36. The maximum atomic E-state index is 10.6. The summed E-state index contributed by atoms with van der Waals surface area (Å²) in [5.41, 5.74) is -0.288. The van der Waals surface area contributed by atoms with Crippen molar-refractivity contribution in [2.75, 3.05) is 13.2 Å². The number of epoxide rings is 1. The van der Waals surface area contributed by atoms with Crippen LogP contribution in [0.5, 0.6) is 5.75 Å². The van der Waals surface area contributed by atoms with Crippen molar-refractivity contribution < 1.29 is 14.4 Å². The number of nitro groups is 1. The largest absolute Gasteiger partial charge is 0.483 e. The van der Waals surface area contributed by atoms with Gasteiger partial charge in [-0.05, 0) is 29.0 Å². The predicted octanol–water partition coefficient (Wildman–Crippen LogP) is 1.16. The highest BCUT2D eigenvalue weighted by Gasteiger charge is 2.40. The van der Waals surface area contributed by atoms with Crippen LogP contribution in [0, 0.1) is 10.1 Å². The Labute approximate surface area is 86.0 Å². The Morgan fingerprint density at radius 1 is 1.80 bits per heavy atom. The first-order chi connectivity index (χ1) is 7.11. The summed E-state index contributed by atoms with van der Waals surface area (Å²) in [7, 11) is 0. The molecular weight excluding hydrogens is 200 g/mol. The second-order valence-electron chi connectivity index (χ2n) is 3.61. The fourth-order valence-corrected chi connectivity index (χ4v) is 1.07. The third kappa shape index (κ3) is 2.21. The smallest absolute Gasteiger partial charge is 0.406 e. The van der Waals surface area contributed by atoms with Gasteiger partial charge in [0, 0.05) is 0 Å². The number of pyridine rings is 1. The van der Waals surface area contributed by atoms with Crippen molar-refractivity contribution in [1.29, 1.82) is 0 Å². The minimum atomic E-state index is -0.564. The topological polar surface area (TPSA) is 77.8 Å². The van der Waals surface area contributed by atoms with Crippen LogP contribution in [0.25, 0.3) is 0 Å². The predicted molar refractivity (Wildman–Crippen MR) is 50.7 cm³/mol. The quantitative estimate of drug-likeness (QED) is 0.423. The Morgan fingerprint density at radius 2 is 2.53 bits per heavy atom. The van der Waals surface area contributed by atoms with Crippen molar-refractivity contribution in [3.63, 3.8) is 0 Å². The van der Waals surface area contributed by atoms with Gasteiger partial charge in [0.15, 0.2) is 0 Å². The van der Waals surface area contributed by atoms with Gasteiger partial charge in [0.25, 0.3) is 0 Å². The van der Waals surface area contributed by atoms with Crippen LogP contribution in [0.2, 0.25) is 0 Å². The molecule has 0 radical (unpaired) electrons. The maximum absolute atomic E-state index is 10.6. The number of aromatic nitrogens is 1. The van der Waals surface area contributed by atoms with Crippen LogP contribution in [0.15, 0.2) is 18.3 Å².